The molecule has 0 spiro atoms. The molecule has 26 heavy (non-hydrogen) atoms. The van der Waals surface area contributed by atoms with Gasteiger partial charge < -0.3 is 4.74 Å². The molecule has 128 valence electrons. The van der Waals surface area contributed by atoms with E-state index in [-0.39, 0.29) is 0 Å². The first-order valence-electron chi connectivity index (χ1n) is 8.15. The maximum Gasteiger partial charge on any atom is 0.134 e. The Morgan fingerprint density at radius 2 is 1.92 bits per heavy atom. The predicted octanol–water partition coefficient (Wildman–Crippen LogP) is 5.75. The molecule has 3 rings (SSSR count). The van der Waals surface area contributed by atoms with E-state index in [9.17, 15) is 5.26 Å². The molecule has 3 aromatic rings. The van der Waals surface area contributed by atoms with Crippen LogP contribution in [0.1, 0.15) is 16.1 Å². The molecule has 0 amide bonds. The number of nitriles is 1. The summed E-state index contributed by atoms with van der Waals surface area (Å²) in [6, 6.07) is 18.2. The summed E-state index contributed by atoms with van der Waals surface area (Å²) in [5.41, 5.74) is 4.66. The summed E-state index contributed by atoms with van der Waals surface area (Å²) in [4.78, 5) is 4.61. The van der Waals surface area contributed by atoms with Crippen molar-refractivity contribution in [3.05, 3.63) is 82.2 Å². The van der Waals surface area contributed by atoms with Crippen LogP contribution in [0.3, 0.4) is 0 Å². The number of benzene rings is 2. The third-order valence-corrected chi connectivity index (χ3v) is 4.76. The van der Waals surface area contributed by atoms with Gasteiger partial charge in [0.15, 0.2) is 0 Å². The highest BCUT2D eigenvalue weighted by molar-refractivity contribution is 7.11. The van der Waals surface area contributed by atoms with Gasteiger partial charge in [-0.2, -0.15) is 5.26 Å². The van der Waals surface area contributed by atoms with Crippen LogP contribution in [0, 0.1) is 18.3 Å². The predicted molar refractivity (Wildman–Crippen MR) is 108 cm³/mol. The van der Waals surface area contributed by atoms with Gasteiger partial charge in [0.25, 0.3) is 0 Å². The average Bonchev–Trinajstić information content (AvgIpc) is 3.16. The standard InChI is InChI=1S/C22H18N2OS/c1-16-10-12-17(13-11-16)20-15-26-22(24-20)19(14-23)8-5-7-18-6-3-4-9-21(18)25-2/h3-13,15H,1-2H3/b7-5+,19-8+. The molecule has 0 saturated heterocycles. The minimum absolute atomic E-state index is 0.541. The van der Waals surface area contributed by atoms with Gasteiger partial charge in [0.05, 0.1) is 18.4 Å². The minimum Gasteiger partial charge on any atom is -0.496 e. The summed E-state index contributed by atoms with van der Waals surface area (Å²) in [5, 5.41) is 12.2. The van der Waals surface area contributed by atoms with E-state index in [0.29, 0.717) is 10.6 Å². The lowest BCUT2D eigenvalue weighted by Crippen LogP contribution is -1.85. The fourth-order valence-electron chi connectivity index (χ4n) is 2.46. The van der Waals surface area contributed by atoms with Crippen LogP contribution >= 0.6 is 11.3 Å². The summed E-state index contributed by atoms with van der Waals surface area (Å²) in [6.07, 6.45) is 5.55. The number of hydrogen-bond donors (Lipinski definition) is 0. The number of aromatic nitrogens is 1. The van der Waals surface area contributed by atoms with Gasteiger partial charge in [-0.1, -0.05) is 60.2 Å². The summed E-state index contributed by atoms with van der Waals surface area (Å²) in [5.74, 6) is 0.798. The van der Waals surface area contributed by atoms with Gasteiger partial charge in [-0.25, -0.2) is 4.98 Å². The van der Waals surface area contributed by atoms with Gasteiger partial charge in [0.1, 0.15) is 16.8 Å². The molecule has 1 heterocycles. The highest BCUT2D eigenvalue weighted by Gasteiger charge is 2.08. The molecule has 3 nitrogen and oxygen atoms in total. The monoisotopic (exact) mass is 358 g/mol. The lowest BCUT2D eigenvalue weighted by Gasteiger charge is -2.02. The molecule has 0 atom stereocenters. The van der Waals surface area contributed by atoms with Crippen molar-refractivity contribution >= 4 is 23.0 Å². The van der Waals surface area contributed by atoms with E-state index in [0.717, 1.165) is 22.6 Å². The van der Waals surface area contributed by atoms with E-state index in [2.05, 4.69) is 30.1 Å². The van der Waals surface area contributed by atoms with Crippen molar-refractivity contribution in [1.29, 1.82) is 5.26 Å². The van der Waals surface area contributed by atoms with Crippen molar-refractivity contribution in [2.24, 2.45) is 0 Å². The Kier molecular flexibility index (Phi) is 5.62. The van der Waals surface area contributed by atoms with E-state index in [1.54, 1.807) is 13.2 Å². The Labute approximate surface area is 157 Å². The van der Waals surface area contributed by atoms with E-state index >= 15 is 0 Å². The third kappa shape index (κ3) is 4.08. The molecule has 4 heteroatoms. The number of methoxy groups -OCH3 is 1. The largest absolute Gasteiger partial charge is 0.496 e. The van der Waals surface area contributed by atoms with Gasteiger partial charge in [-0.3, -0.25) is 0 Å². The third-order valence-electron chi connectivity index (χ3n) is 3.88. The second kappa shape index (κ2) is 8.28. The zero-order valence-electron chi connectivity index (χ0n) is 14.6. The molecule has 2 aromatic carbocycles. The molecule has 0 unspecified atom stereocenters. The Morgan fingerprint density at radius 3 is 2.65 bits per heavy atom. The highest BCUT2D eigenvalue weighted by atomic mass is 32.1. The van der Waals surface area contributed by atoms with Crippen molar-refractivity contribution in [3.8, 4) is 23.1 Å². The molecule has 0 aliphatic rings. The number of rotatable bonds is 5. The number of thiazole rings is 1. The summed E-state index contributed by atoms with van der Waals surface area (Å²) >= 11 is 1.47. The quantitative estimate of drug-likeness (QED) is 0.431. The van der Waals surface area contributed by atoms with Gasteiger partial charge in [-0.15, -0.1) is 11.3 Å². The van der Waals surface area contributed by atoms with Crippen LogP contribution in [0.15, 0.2) is 66.1 Å². The maximum atomic E-state index is 9.48. The average molecular weight is 358 g/mol. The molecule has 0 aliphatic heterocycles. The van der Waals surface area contributed by atoms with Crippen molar-refractivity contribution in [1.82, 2.24) is 4.98 Å². The molecule has 0 radical (unpaired) electrons. The first-order chi connectivity index (χ1) is 12.7. The molecule has 0 N–H and O–H groups in total. The SMILES string of the molecule is COc1ccccc1/C=C/C=C(\C#N)c1nc(-c2ccc(C)cc2)cs1. The van der Waals surface area contributed by atoms with Crippen molar-refractivity contribution in [2.75, 3.05) is 7.11 Å². The molecular weight excluding hydrogens is 340 g/mol. The first kappa shape index (κ1) is 17.7. The second-order valence-electron chi connectivity index (χ2n) is 5.70. The van der Waals surface area contributed by atoms with Crippen molar-refractivity contribution in [2.45, 2.75) is 6.92 Å². The zero-order chi connectivity index (χ0) is 18.4. The normalized spacial score (nSPS) is 11.5. The Balaban J connectivity index is 1.83. The number of para-hydroxylation sites is 1. The van der Waals surface area contributed by atoms with Crippen molar-refractivity contribution in [3.63, 3.8) is 0 Å². The molecule has 0 saturated carbocycles. The summed E-state index contributed by atoms with van der Waals surface area (Å²) < 4.78 is 5.33. The Bertz CT molecular complexity index is 991. The van der Waals surface area contributed by atoms with Gasteiger partial charge in [0, 0.05) is 16.5 Å². The molecule has 0 fully saturated rings. The number of allylic oxidation sites excluding steroid dienone is 3. The Morgan fingerprint density at radius 1 is 1.15 bits per heavy atom. The van der Waals surface area contributed by atoms with Gasteiger partial charge in [-0.05, 0) is 19.1 Å². The fraction of sp³-hybridized carbons (Fsp3) is 0.0909. The maximum absolute atomic E-state index is 9.48. The smallest absolute Gasteiger partial charge is 0.134 e. The van der Waals surface area contributed by atoms with E-state index in [4.69, 9.17) is 4.74 Å². The molecule has 0 aliphatic carbocycles. The fourth-order valence-corrected chi connectivity index (χ4v) is 3.27. The second-order valence-corrected chi connectivity index (χ2v) is 6.56. The number of ether oxygens (including phenoxy) is 1. The number of hydrogen-bond acceptors (Lipinski definition) is 4. The van der Waals surface area contributed by atoms with Crippen molar-refractivity contribution < 1.29 is 4.74 Å². The molecular formula is C22H18N2OS. The van der Waals surface area contributed by atoms with Gasteiger partial charge >= 0.3 is 0 Å². The topological polar surface area (TPSA) is 45.9 Å². The minimum atomic E-state index is 0.541. The highest BCUT2D eigenvalue weighted by Crippen LogP contribution is 2.26. The first-order valence-corrected chi connectivity index (χ1v) is 9.03. The molecule has 1 aromatic heterocycles. The van der Waals surface area contributed by atoms with E-state index in [1.165, 1.54) is 16.9 Å². The van der Waals surface area contributed by atoms with Crippen LogP contribution in [0.4, 0.5) is 0 Å². The van der Waals surface area contributed by atoms with Crippen LogP contribution in [-0.2, 0) is 0 Å². The molecule has 0 bridgehead atoms. The van der Waals surface area contributed by atoms with Crippen LogP contribution in [0.2, 0.25) is 0 Å². The number of nitrogens with zero attached hydrogens (tertiary/aromatic N) is 2. The van der Waals surface area contributed by atoms with E-state index in [1.807, 2.05) is 53.9 Å². The lowest BCUT2D eigenvalue weighted by atomic mass is 10.1. The lowest BCUT2D eigenvalue weighted by molar-refractivity contribution is 0.414. The van der Waals surface area contributed by atoms with Crippen LogP contribution in [0.25, 0.3) is 22.9 Å². The van der Waals surface area contributed by atoms with Crippen LogP contribution < -0.4 is 4.74 Å². The number of aryl methyl sites for hydroxylation is 1. The van der Waals surface area contributed by atoms with E-state index < -0.39 is 0 Å². The van der Waals surface area contributed by atoms with Crippen LogP contribution in [0.5, 0.6) is 5.75 Å². The Hall–Kier alpha value is -3.16. The zero-order valence-corrected chi connectivity index (χ0v) is 15.5. The summed E-state index contributed by atoms with van der Waals surface area (Å²) in [7, 11) is 1.64. The van der Waals surface area contributed by atoms with Crippen LogP contribution in [-0.4, -0.2) is 12.1 Å². The van der Waals surface area contributed by atoms with Gasteiger partial charge in [0.2, 0.25) is 0 Å². The summed E-state index contributed by atoms with van der Waals surface area (Å²) in [6.45, 7) is 2.06.